The molecule has 2 aliphatic rings. The molecule has 140 valence electrons. The molecule has 0 aliphatic carbocycles. The highest BCUT2D eigenvalue weighted by molar-refractivity contribution is 7.91. The molecule has 2 saturated heterocycles. The van der Waals surface area contributed by atoms with Crippen molar-refractivity contribution >= 4 is 9.84 Å². The van der Waals surface area contributed by atoms with Crippen molar-refractivity contribution in [3.05, 3.63) is 47.5 Å². The van der Waals surface area contributed by atoms with Gasteiger partial charge < -0.3 is 4.90 Å². The van der Waals surface area contributed by atoms with Gasteiger partial charge in [0.1, 0.15) is 11.6 Å². The number of aromatic nitrogens is 3. The van der Waals surface area contributed by atoms with Crippen molar-refractivity contribution in [2.45, 2.75) is 37.6 Å². The zero-order valence-electron chi connectivity index (χ0n) is 15.4. The predicted molar refractivity (Wildman–Crippen MR) is 101 cm³/mol. The number of sulfone groups is 1. The zero-order chi connectivity index (χ0) is 18.4. The molecule has 0 unspecified atom stereocenters. The Hall–Kier alpha value is -1.73. The second kappa shape index (κ2) is 6.46. The SMILES string of the molecule is Cc1nc(C2(c3ccccc3)CCN(C)CC2)n([C@@H]2CCS(=O)(=O)C2)n1. The van der Waals surface area contributed by atoms with E-state index in [9.17, 15) is 8.42 Å². The van der Waals surface area contributed by atoms with Crippen LogP contribution in [0.5, 0.6) is 0 Å². The highest BCUT2D eigenvalue weighted by atomic mass is 32.2. The summed E-state index contributed by atoms with van der Waals surface area (Å²) in [5, 5.41) is 4.65. The van der Waals surface area contributed by atoms with Crippen molar-refractivity contribution in [3.63, 3.8) is 0 Å². The molecule has 4 rings (SSSR count). The topological polar surface area (TPSA) is 68.1 Å². The molecule has 1 aromatic carbocycles. The molecule has 0 saturated carbocycles. The first-order valence-electron chi connectivity index (χ1n) is 9.28. The molecule has 0 amide bonds. The van der Waals surface area contributed by atoms with Gasteiger partial charge in [0.25, 0.3) is 0 Å². The molecule has 2 fully saturated rings. The number of piperidine rings is 1. The number of hydrogen-bond donors (Lipinski definition) is 0. The quantitative estimate of drug-likeness (QED) is 0.821. The van der Waals surface area contributed by atoms with Gasteiger partial charge in [-0.2, -0.15) is 5.10 Å². The summed E-state index contributed by atoms with van der Waals surface area (Å²) in [5.74, 6) is 2.08. The number of hydrogen-bond acceptors (Lipinski definition) is 5. The van der Waals surface area contributed by atoms with E-state index < -0.39 is 9.84 Å². The molecule has 7 heteroatoms. The monoisotopic (exact) mass is 374 g/mol. The molecule has 0 N–H and O–H groups in total. The van der Waals surface area contributed by atoms with Gasteiger partial charge in [-0.05, 0) is 51.9 Å². The van der Waals surface area contributed by atoms with Crippen molar-refractivity contribution in [1.82, 2.24) is 19.7 Å². The fraction of sp³-hybridized carbons (Fsp3) is 0.579. The minimum absolute atomic E-state index is 0.101. The van der Waals surface area contributed by atoms with Crippen LogP contribution in [-0.2, 0) is 15.3 Å². The minimum atomic E-state index is -2.97. The Bertz CT molecular complexity index is 884. The van der Waals surface area contributed by atoms with Crippen LogP contribution in [0.3, 0.4) is 0 Å². The summed E-state index contributed by atoms with van der Waals surface area (Å²) in [6.07, 6.45) is 2.55. The van der Waals surface area contributed by atoms with Crippen molar-refractivity contribution in [2.24, 2.45) is 0 Å². The van der Waals surface area contributed by atoms with E-state index in [2.05, 4.69) is 41.3 Å². The molecule has 0 spiro atoms. The maximum Gasteiger partial charge on any atom is 0.152 e. The summed E-state index contributed by atoms with van der Waals surface area (Å²) in [6.45, 7) is 3.88. The second-order valence-electron chi connectivity index (χ2n) is 7.74. The molecule has 1 aromatic heterocycles. The average Bonchev–Trinajstić information content (AvgIpc) is 3.19. The van der Waals surface area contributed by atoms with Crippen LogP contribution in [0.25, 0.3) is 0 Å². The summed E-state index contributed by atoms with van der Waals surface area (Å²) >= 11 is 0. The summed E-state index contributed by atoms with van der Waals surface area (Å²) < 4.78 is 26.0. The molecule has 2 aromatic rings. The number of likely N-dealkylation sites (tertiary alicyclic amines) is 1. The molecular formula is C19H26N4O2S. The van der Waals surface area contributed by atoms with E-state index >= 15 is 0 Å². The lowest BCUT2D eigenvalue weighted by Gasteiger charge is -2.41. The molecule has 2 aliphatic heterocycles. The third-order valence-corrected chi connectivity index (χ3v) is 7.64. The summed E-state index contributed by atoms with van der Waals surface area (Å²) in [5.41, 5.74) is 1.05. The molecule has 6 nitrogen and oxygen atoms in total. The summed E-state index contributed by atoms with van der Waals surface area (Å²) in [4.78, 5) is 7.18. The first-order valence-corrected chi connectivity index (χ1v) is 11.1. The van der Waals surface area contributed by atoms with Gasteiger partial charge in [0.2, 0.25) is 0 Å². The Balaban J connectivity index is 1.83. The van der Waals surface area contributed by atoms with Crippen molar-refractivity contribution in [1.29, 1.82) is 0 Å². The number of nitrogens with zero attached hydrogens (tertiary/aromatic N) is 4. The lowest BCUT2D eigenvalue weighted by Crippen LogP contribution is -2.43. The normalized spacial score (nSPS) is 25.4. The van der Waals surface area contributed by atoms with Gasteiger partial charge in [-0.15, -0.1) is 0 Å². The highest BCUT2D eigenvalue weighted by Crippen LogP contribution is 2.42. The Morgan fingerprint density at radius 2 is 1.85 bits per heavy atom. The van der Waals surface area contributed by atoms with Gasteiger partial charge in [-0.1, -0.05) is 30.3 Å². The van der Waals surface area contributed by atoms with Crippen LogP contribution >= 0.6 is 0 Å². The molecule has 3 heterocycles. The predicted octanol–water partition coefficient (Wildman–Crippen LogP) is 1.96. The van der Waals surface area contributed by atoms with E-state index in [1.807, 2.05) is 17.7 Å². The number of benzene rings is 1. The summed E-state index contributed by atoms with van der Waals surface area (Å²) in [6, 6.07) is 10.4. The first-order chi connectivity index (χ1) is 12.4. The lowest BCUT2D eigenvalue weighted by atomic mass is 9.72. The van der Waals surface area contributed by atoms with E-state index in [4.69, 9.17) is 4.98 Å². The van der Waals surface area contributed by atoms with Gasteiger partial charge in [-0.3, -0.25) is 0 Å². The Kier molecular flexibility index (Phi) is 4.39. The maximum atomic E-state index is 12.0. The third-order valence-electron chi connectivity index (χ3n) is 5.89. The van der Waals surface area contributed by atoms with E-state index in [0.717, 1.165) is 37.6 Å². The minimum Gasteiger partial charge on any atom is -0.306 e. The fourth-order valence-electron chi connectivity index (χ4n) is 4.38. The van der Waals surface area contributed by atoms with E-state index in [0.29, 0.717) is 6.42 Å². The van der Waals surface area contributed by atoms with Crippen LogP contribution in [0.4, 0.5) is 0 Å². The number of rotatable bonds is 3. The van der Waals surface area contributed by atoms with Gasteiger partial charge in [-0.25, -0.2) is 18.1 Å². The largest absolute Gasteiger partial charge is 0.306 e. The fourth-order valence-corrected chi connectivity index (χ4v) is 6.07. The Morgan fingerprint density at radius 1 is 1.15 bits per heavy atom. The van der Waals surface area contributed by atoms with Crippen LogP contribution in [0.15, 0.2) is 30.3 Å². The highest BCUT2D eigenvalue weighted by Gasteiger charge is 2.43. The van der Waals surface area contributed by atoms with Crippen molar-refractivity contribution < 1.29 is 8.42 Å². The van der Waals surface area contributed by atoms with E-state index in [1.165, 1.54) is 5.56 Å². The van der Waals surface area contributed by atoms with Crippen LogP contribution in [-0.4, -0.2) is 59.7 Å². The van der Waals surface area contributed by atoms with E-state index in [1.54, 1.807) is 0 Å². The van der Waals surface area contributed by atoms with Crippen LogP contribution in [0, 0.1) is 6.92 Å². The molecule has 0 bridgehead atoms. The molecule has 0 radical (unpaired) electrons. The first kappa shape index (κ1) is 17.7. The second-order valence-corrected chi connectivity index (χ2v) is 9.96. The van der Waals surface area contributed by atoms with Crippen LogP contribution in [0.2, 0.25) is 0 Å². The Morgan fingerprint density at radius 3 is 2.46 bits per heavy atom. The van der Waals surface area contributed by atoms with Gasteiger partial charge in [0.15, 0.2) is 9.84 Å². The Labute approximate surface area is 155 Å². The van der Waals surface area contributed by atoms with Crippen LogP contribution < -0.4 is 0 Å². The zero-order valence-corrected chi connectivity index (χ0v) is 16.2. The maximum absolute atomic E-state index is 12.0. The number of aryl methyl sites for hydroxylation is 1. The third kappa shape index (κ3) is 3.07. The lowest BCUT2D eigenvalue weighted by molar-refractivity contribution is 0.200. The van der Waals surface area contributed by atoms with Crippen LogP contribution in [0.1, 0.15) is 42.5 Å². The van der Waals surface area contributed by atoms with Gasteiger partial charge >= 0.3 is 0 Å². The molecular weight excluding hydrogens is 348 g/mol. The van der Waals surface area contributed by atoms with E-state index in [-0.39, 0.29) is 23.0 Å². The average molecular weight is 375 g/mol. The van der Waals surface area contributed by atoms with Crippen molar-refractivity contribution in [2.75, 3.05) is 31.6 Å². The standard InChI is InChI=1S/C19H26N4O2S/c1-15-20-18(23(21-15)17-8-13-26(24,25)14-17)19(9-11-22(2)12-10-19)16-6-4-3-5-7-16/h3-7,17H,8-14H2,1-2H3/t17-/m1/s1. The summed E-state index contributed by atoms with van der Waals surface area (Å²) in [7, 11) is -0.825. The van der Waals surface area contributed by atoms with Gasteiger partial charge in [0, 0.05) is 0 Å². The molecule has 1 atom stereocenters. The van der Waals surface area contributed by atoms with Gasteiger partial charge in [0.05, 0.1) is 23.0 Å². The molecule has 26 heavy (non-hydrogen) atoms. The van der Waals surface area contributed by atoms with Crippen molar-refractivity contribution in [3.8, 4) is 0 Å². The smallest absolute Gasteiger partial charge is 0.152 e.